The van der Waals surface area contributed by atoms with Crippen LogP contribution < -0.4 is 5.32 Å². The van der Waals surface area contributed by atoms with Crippen LogP contribution in [-0.2, 0) is 12.7 Å². The summed E-state index contributed by atoms with van der Waals surface area (Å²) in [4.78, 5) is 0. The van der Waals surface area contributed by atoms with Crippen LogP contribution in [0.25, 0.3) is 0 Å². The second-order valence-electron chi connectivity index (χ2n) is 4.70. The van der Waals surface area contributed by atoms with Gasteiger partial charge in [0.15, 0.2) is 5.76 Å². The van der Waals surface area contributed by atoms with Crippen molar-refractivity contribution in [1.29, 1.82) is 0 Å². The molecule has 0 bridgehead atoms. The molecule has 2 N–H and O–H groups in total. The van der Waals surface area contributed by atoms with Crippen molar-refractivity contribution in [1.82, 2.24) is 10.5 Å². The predicted molar refractivity (Wildman–Crippen MR) is 69.4 cm³/mol. The minimum absolute atomic E-state index is 0.112. The quantitative estimate of drug-likeness (QED) is 0.891. The molecule has 0 aliphatic carbocycles. The van der Waals surface area contributed by atoms with Gasteiger partial charge in [0, 0.05) is 12.6 Å². The van der Waals surface area contributed by atoms with Gasteiger partial charge in [0.2, 0.25) is 0 Å². The van der Waals surface area contributed by atoms with Gasteiger partial charge in [-0.25, -0.2) is 0 Å². The van der Waals surface area contributed by atoms with Crippen LogP contribution in [0.4, 0.5) is 13.2 Å². The Balaban J connectivity index is 1.92. The van der Waals surface area contributed by atoms with Crippen LogP contribution in [0.5, 0.6) is 0 Å². The number of aryl methyl sites for hydroxylation is 1. The predicted octanol–water partition coefficient (Wildman–Crippen LogP) is 2.83. The van der Waals surface area contributed by atoms with E-state index in [-0.39, 0.29) is 12.1 Å². The summed E-state index contributed by atoms with van der Waals surface area (Å²) in [5.41, 5.74) is 0.182. The molecule has 1 atom stereocenters. The summed E-state index contributed by atoms with van der Waals surface area (Å²) < 4.78 is 42.7. The Morgan fingerprint density at radius 2 is 2.10 bits per heavy atom. The van der Waals surface area contributed by atoms with Gasteiger partial charge < -0.3 is 14.9 Å². The van der Waals surface area contributed by atoms with Crippen molar-refractivity contribution >= 4 is 0 Å². The number of aliphatic hydroxyl groups excluding tert-OH is 1. The lowest BCUT2D eigenvalue weighted by Crippen LogP contribution is -2.21. The fourth-order valence-electron chi connectivity index (χ4n) is 1.87. The maximum absolute atomic E-state index is 12.6. The molecule has 114 valence electrons. The van der Waals surface area contributed by atoms with Crippen LogP contribution in [0, 0.1) is 6.92 Å². The van der Waals surface area contributed by atoms with Crippen LogP contribution in [0.2, 0.25) is 0 Å². The molecule has 2 rings (SSSR count). The van der Waals surface area contributed by atoms with Crippen LogP contribution in [-0.4, -0.2) is 16.8 Å². The van der Waals surface area contributed by atoms with Gasteiger partial charge in [-0.05, 0) is 24.6 Å². The SMILES string of the molecule is Cc1cc(CNCC(O)c2cccc(C(F)(F)F)c2)on1. The Labute approximate surface area is 119 Å². The molecule has 0 fully saturated rings. The standard InChI is InChI=1S/C14H15F3N2O2/c1-9-5-12(21-19-9)7-18-8-13(20)10-3-2-4-11(6-10)14(15,16)17/h2-6,13,18,20H,7-8H2,1H3. The minimum Gasteiger partial charge on any atom is -0.387 e. The van der Waals surface area contributed by atoms with E-state index in [0.29, 0.717) is 12.3 Å². The summed E-state index contributed by atoms with van der Waals surface area (Å²) in [5.74, 6) is 0.601. The number of aliphatic hydroxyl groups is 1. The highest BCUT2D eigenvalue weighted by molar-refractivity contribution is 5.27. The number of nitrogens with zero attached hydrogens (tertiary/aromatic N) is 1. The molecule has 0 saturated heterocycles. The van der Waals surface area contributed by atoms with Crippen LogP contribution >= 0.6 is 0 Å². The molecule has 1 unspecified atom stereocenters. The molecule has 1 aromatic heterocycles. The van der Waals surface area contributed by atoms with Gasteiger partial charge in [0.1, 0.15) is 0 Å². The molecule has 0 spiro atoms. The van der Waals surface area contributed by atoms with Crippen LogP contribution in [0.1, 0.15) is 28.7 Å². The zero-order valence-corrected chi connectivity index (χ0v) is 11.3. The maximum atomic E-state index is 12.6. The van der Waals surface area contributed by atoms with E-state index in [4.69, 9.17) is 4.52 Å². The summed E-state index contributed by atoms with van der Waals surface area (Å²) in [5, 5.41) is 16.5. The number of nitrogens with one attached hydrogen (secondary N) is 1. The molecule has 21 heavy (non-hydrogen) atoms. The lowest BCUT2D eigenvalue weighted by molar-refractivity contribution is -0.137. The monoisotopic (exact) mass is 300 g/mol. The lowest BCUT2D eigenvalue weighted by atomic mass is 10.1. The van der Waals surface area contributed by atoms with E-state index in [0.717, 1.165) is 17.8 Å². The Kier molecular flexibility index (Phi) is 4.64. The Morgan fingerprint density at radius 1 is 1.33 bits per heavy atom. The van der Waals surface area contributed by atoms with E-state index in [9.17, 15) is 18.3 Å². The highest BCUT2D eigenvalue weighted by Crippen LogP contribution is 2.30. The summed E-state index contributed by atoms with van der Waals surface area (Å²) >= 11 is 0. The van der Waals surface area contributed by atoms with Crippen molar-refractivity contribution in [3.05, 3.63) is 52.9 Å². The third kappa shape index (κ3) is 4.30. The van der Waals surface area contributed by atoms with Crippen LogP contribution in [0.3, 0.4) is 0 Å². The molecule has 4 nitrogen and oxygen atoms in total. The maximum Gasteiger partial charge on any atom is 0.416 e. The highest BCUT2D eigenvalue weighted by Gasteiger charge is 2.30. The Hall–Kier alpha value is -1.86. The molecule has 0 saturated carbocycles. The fourth-order valence-corrected chi connectivity index (χ4v) is 1.87. The van der Waals surface area contributed by atoms with E-state index in [1.807, 2.05) is 0 Å². The Morgan fingerprint density at radius 3 is 2.71 bits per heavy atom. The summed E-state index contributed by atoms with van der Waals surface area (Å²) in [6, 6.07) is 6.40. The first-order chi connectivity index (χ1) is 9.86. The minimum atomic E-state index is -4.42. The molecular weight excluding hydrogens is 285 g/mol. The third-order valence-electron chi connectivity index (χ3n) is 2.91. The first kappa shape index (κ1) is 15.5. The average Bonchev–Trinajstić information content (AvgIpc) is 2.83. The summed E-state index contributed by atoms with van der Waals surface area (Å²) in [6.07, 6.45) is -5.45. The lowest BCUT2D eigenvalue weighted by Gasteiger charge is -2.14. The fraction of sp³-hybridized carbons (Fsp3) is 0.357. The van der Waals surface area contributed by atoms with Gasteiger partial charge in [-0.1, -0.05) is 17.3 Å². The molecule has 1 heterocycles. The summed E-state index contributed by atoms with van der Waals surface area (Å²) in [7, 11) is 0. The molecule has 7 heteroatoms. The molecule has 2 aromatic rings. The number of hydrogen-bond acceptors (Lipinski definition) is 4. The first-order valence-corrected chi connectivity index (χ1v) is 6.34. The average molecular weight is 300 g/mol. The third-order valence-corrected chi connectivity index (χ3v) is 2.91. The number of hydrogen-bond donors (Lipinski definition) is 2. The van der Waals surface area contributed by atoms with Gasteiger partial charge in [-0.2, -0.15) is 13.2 Å². The second-order valence-corrected chi connectivity index (χ2v) is 4.70. The normalized spacial score (nSPS) is 13.4. The van der Waals surface area contributed by atoms with Crippen LogP contribution in [0.15, 0.2) is 34.9 Å². The molecule has 0 aliphatic heterocycles. The van der Waals surface area contributed by atoms with E-state index >= 15 is 0 Å². The number of rotatable bonds is 5. The number of aromatic nitrogens is 1. The number of halogens is 3. The van der Waals surface area contributed by atoms with E-state index < -0.39 is 17.8 Å². The van der Waals surface area contributed by atoms with Gasteiger partial charge in [-0.3, -0.25) is 0 Å². The zero-order valence-electron chi connectivity index (χ0n) is 11.3. The number of alkyl halides is 3. The smallest absolute Gasteiger partial charge is 0.387 e. The number of benzene rings is 1. The molecule has 0 amide bonds. The van der Waals surface area contributed by atoms with Gasteiger partial charge >= 0.3 is 6.18 Å². The van der Waals surface area contributed by atoms with Crippen molar-refractivity contribution < 1.29 is 22.8 Å². The molecular formula is C14H15F3N2O2. The molecule has 0 aliphatic rings. The second kappa shape index (κ2) is 6.28. The van der Waals surface area contributed by atoms with Crippen molar-refractivity contribution in [3.8, 4) is 0 Å². The molecule has 0 radical (unpaired) electrons. The van der Waals surface area contributed by atoms with E-state index in [1.54, 1.807) is 13.0 Å². The largest absolute Gasteiger partial charge is 0.416 e. The summed E-state index contributed by atoms with van der Waals surface area (Å²) in [6.45, 7) is 2.24. The van der Waals surface area contributed by atoms with Crippen molar-refractivity contribution in [2.24, 2.45) is 0 Å². The van der Waals surface area contributed by atoms with Gasteiger partial charge in [0.05, 0.1) is 23.9 Å². The van der Waals surface area contributed by atoms with Crippen molar-refractivity contribution in [2.45, 2.75) is 25.7 Å². The van der Waals surface area contributed by atoms with E-state index in [2.05, 4.69) is 10.5 Å². The highest BCUT2D eigenvalue weighted by atomic mass is 19.4. The van der Waals surface area contributed by atoms with E-state index in [1.165, 1.54) is 12.1 Å². The van der Waals surface area contributed by atoms with Gasteiger partial charge in [0.25, 0.3) is 0 Å². The topological polar surface area (TPSA) is 58.3 Å². The first-order valence-electron chi connectivity index (χ1n) is 6.34. The van der Waals surface area contributed by atoms with Gasteiger partial charge in [-0.15, -0.1) is 0 Å². The zero-order chi connectivity index (χ0) is 15.5. The Bertz CT molecular complexity index is 596. The van der Waals surface area contributed by atoms with Crippen molar-refractivity contribution in [2.75, 3.05) is 6.54 Å². The van der Waals surface area contributed by atoms with Crippen molar-refractivity contribution in [3.63, 3.8) is 0 Å². The molecule has 1 aromatic carbocycles.